The SMILES string of the molecule is O=C(c1ccc(Cl)cc1F)N1CCCCC1CBr. The number of rotatable bonds is 2. The van der Waals surface area contributed by atoms with Gasteiger partial charge >= 0.3 is 0 Å². The van der Waals surface area contributed by atoms with Crippen LogP contribution in [0.3, 0.4) is 0 Å². The summed E-state index contributed by atoms with van der Waals surface area (Å²) in [6, 6.07) is 4.34. The van der Waals surface area contributed by atoms with E-state index in [1.807, 2.05) is 0 Å². The molecule has 0 aromatic heterocycles. The topological polar surface area (TPSA) is 20.3 Å². The van der Waals surface area contributed by atoms with E-state index >= 15 is 0 Å². The van der Waals surface area contributed by atoms with Crippen LogP contribution in [0.25, 0.3) is 0 Å². The Hall–Kier alpha value is -0.610. The molecular formula is C13H14BrClFNO. The minimum absolute atomic E-state index is 0.104. The van der Waals surface area contributed by atoms with Crippen LogP contribution in [0.15, 0.2) is 18.2 Å². The van der Waals surface area contributed by atoms with Gasteiger partial charge in [-0.15, -0.1) is 0 Å². The third kappa shape index (κ3) is 2.86. The van der Waals surface area contributed by atoms with E-state index in [4.69, 9.17) is 11.6 Å². The van der Waals surface area contributed by atoms with Gasteiger partial charge in [0.15, 0.2) is 0 Å². The maximum absolute atomic E-state index is 13.7. The van der Waals surface area contributed by atoms with E-state index in [0.29, 0.717) is 11.6 Å². The molecule has 0 bridgehead atoms. The second-order valence-electron chi connectivity index (χ2n) is 4.43. The van der Waals surface area contributed by atoms with Crippen LogP contribution in [0, 0.1) is 5.82 Å². The molecule has 1 aliphatic heterocycles. The number of amides is 1. The summed E-state index contributed by atoms with van der Waals surface area (Å²) in [6.07, 6.45) is 3.06. The molecule has 1 heterocycles. The maximum Gasteiger partial charge on any atom is 0.257 e. The molecule has 5 heteroatoms. The van der Waals surface area contributed by atoms with E-state index in [-0.39, 0.29) is 17.5 Å². The highest BCUT2D eigenvalue weighted by Gasteiger charge is 2.28. The van der Waals surface area contributed by atoms with Crippen LogP contribution in [-0.4, -0.2) is 28.7 Å². The van der Waals surface area contributed by atoms with Crippen molar-refractivity contribution in [2.24, 2.45) is 0 Å². The fourth-order valence-electron chi connectivity index (χ4n) is 2.25. The Bertz CT molecular complexity index is 455. The van der Waals surface area contributed by atoms with Crippen LogP contribution < -0.4 is 0 Å². The lowest BCUT2D eigenvalue weighted by Crippen LogP contribution is -2.44. The van der Waals surface area contributed by atoms with Crippen LogP contribution >= 0.6 is 27.5 Å². The number of benzene rings is 1. The number of likely N-dealkylation sites (tertiary alicyclic amines) is 1. The van der Waals surface area contributed by atoms with Crippen molar-refractivity contribution in [3.8, 4) is 0 Å². The van der Waals surface area contributed by atoms with Gasteiger partial charge in [0.1, 0.15) is 5.82 Å². The number of carbonyl (C=O) groups is 1. The Morgan fingerprint density at radius 1 is 1.50 bits per heavy atom. The van der Waals surface area contributed by atoms with Gasteiger partial charge in [0, 0.05) is 22.9 Å². The van der Waals surface area contributed by atoms with Gasteiger partial charge in [0.05, 0.1) is 5.56 Å². The standard InChI is InChI=1S/C13H14BrClFNO/c14-8-10-3-1-2-6-17(10)13(18)11-5-4-9(15)7-12(11)16/h4-5,7,10H,1-3,6,8H2. The first kappa shape index (κ1) is 13.8. The second-order valence-corrected chi connectivity index (χ2v) is 5.51. The van der Waals surface area contributed by atoms with E-state index in [1.165, 1.54) is 12.1 Å². The highest BCUT2D eigenvalue weighted by molar-refractivity contribution is 9.09. The van der Waals surface area contributed by atoms with Gasteiger partial charge in [-0.3, -0.25) is 4.79 Å². The molecule has 2 rings (SSSR count). The monoisotopic (exact) mass is 333 g/mol. The fourth-order valence-corrected chi connectivity index (χ4v) is 3.08. The minimum atomic E-state index is -0.550. The lowest BCUT2D eigenvalue weighted by atomic mass is 10.0. The Morgan fingerprint density at radius 3 is 2.94 bits per heavy atom. The van der Waals surface area contributed by atoms with E-state index < -0.39 is 5.82 Å². The smallest absolute Gasteiger partial charge is 0.257 e. The predicted octanol–water partition coefficient (Wildman–Crippen LogP) is 3.87. The molecule has 1 atom stereocenters. The molecule has 1 aliphatic rings. The summed E-state index contributed by atoms with van der Waals surface area (Å²) in [5, 5.41) is 1.04. The number of hydrogen-bond donors (Lipinski definition) is 0. The summed E-state index contributed by atoms with van der Waals surface area (Å²) < 4.78 is 13.7. The third-order valence-electron chi connectivity index (χ3n) is 3.23. The van der Waals surface area contributed by atoms with Crippen LogP contribution in [0.2, 0.25) is 5.02 Å². The molecule has 0 spiro atoms. The number of halogens is 3. The van der Waals surface area contributed by atoms with Crippen LogP contribution in [0.1, 0.15) is 29.6 Å². The van der Waals surface area contributed by atoms with Crippen molar-refractivity contribution in [3.63, 3.8) is 0 Å². The Labute approximate surface area is 119 Å². The van der Waals surface area contributed by atoms with Crippen molar-refractivity contribution in [2.75, 3.05) is 11.9 Å². The molecule has 0 N–H and O–H groups in total. The average molecular weight is 335 g/mol. The first-order valence-electron chi connectivity index (χ1n) is 5.95. The van der Waals surface area contributed by atoms with Crippen molar-refractivity contribution in [1.29, 1.82) is 0 Å². The van der Waals surface area contributed by atoms with E-state index in [1.54, 1.807) is 11.0 Å². The second kappa shape index (κ2) is 6.02. The Balaban J connectivity index is 2.24. The lowest BCUT2D eigenvalue weighted by molar-refractivity contribution is 0.0637. The van der Waals surface area contributed by atoms with Crippen molar-refractivity contribution in [1.82, 2.24) is 4.90 Å². The third-order valence-corrected chi connectivity index (χ3v) is 4.21. The molecule has 1 fully saturated rings. The van der Waals surface area contributed by atoms with Crippen LogP contribution in [-0.2, 0) is 0 Å². The molecule has 2 nitrogen and oxygen atoms in total. The van der Waals surface area contributed by atoms with Gasteiger partial charge in [-0.1, -0.05) is 27.5 Å². The zero-order valence-electron chi connectivity index (χ0n) is 9.83. The maximum atomic E-state index is 13.7. The van der Waals surface area contributed by atoms with Gasteiger partial charge < -0.3 is 4.90 Å². The number of hydrogen-bond acceptors (Lipinski definition) is 1. The highest BCUT2D eigenvalue weighted by atomic mass is 79.9. The molecule has 1 aromatic carbocycles. The van der Waals surface area contributed by atoms with Gasteiger partial charge in [0.2, 0.25) is 0 Å². The normalized spacial score (nSPS) is 19.9. The molecule has 98 valence electrons. The van der Waals surface area contributed by atoms with E-state index in [9.17, 15) is 9.18 Å². The van der Waals surface area contributed by atoms with Gasteiger partial charge in [-0.25, -0.2) is 4.39 Å². The first-order valence-corrected chi connectivity index (χ1v) is 7.45. The quantitative estimate of drug-likeness (QED) is 0.752. The van der Waals surface area contributed by atoms with E-state index in [2.05, 4.69) is 15.9 Å². The van der Waals surface area contributed by atoms with Crippen LogP contribution in [0.5, 0.6) is 0 Å². The van der Waals surface area contributed by atoms with Gasteiger partial charge in [0.25, 0.3) is 5.91 Å². The summed E-state index contributed by atoms with van der Waals surface area (Å²) in [7, 11) is 0. The zero-order valence-corrected chi connectivity index (χ0v) is 12.2. The molecule has 1 saturated heterocycles. The summed E-state index contributed by atoms with van der Waals surface area (Å²) >= 11 is 9.10. The molecule has 1 aromatic rings. The predicted molar refractivity (Wildman–Crippen MR) is 73.9 cm³/mol. The van der Waals surface area contributed by atoms with Gasteiger partial charge in [-0.2, -0.15) is 0 Å². The molecule has 0 aliphatic carbocycles. The minimum Gasteiger partial charge on any atom is -0.335 e. The van der Waals surface area contributed by atoms with Crippen molar-refractivity contribution < 1.29 is 9.18 Å². The largest absolute Gasteiger partial charge is 0.335 e. The molecule has 1 amide bonds. The number of alkyl halides is 1. The Kier molecular flexibility index (Phi) is 4.62. The average Bonchev–Trinajstić information content (AvgIpc) is 2.38. The molecule has 0 radical (unpaired) electrons. The van der Waals surface area contributed by atoms with Crippen molar-refractivity contribution in [3.05, 3.63) is 34.6 Å². The van der Waals surface area contributed by atoms with Gasteiger partial charge in [-0.05, 0) is 37.5 Å². The summed E-state index contributed by atoms with van der Waals surface area (Å²) in [6.45, 7) is 0.692. The highest BCUT2D eigenvalue weighted by Crippen LogP contribution is 2.23. The summed E-state index contributed by atoms with van der Waals surface area (Å²) in [4.78, 5) is 14.1. The number of carbonyl (C=O) groups excluding carboxylic acids is 1. The Morgan fingerprint density at radius 2 is 2.28 bits per heavy atom. The molecule has 1 unspecified atom stereocenters. The van der Waals surface area contributed by atoms with Crippen molar-refractivity contribution >= 4 is 33.4 Å². The molecule has 0 saturated carbocycles. The van der Waals surface area contributed by atoms with E-state index in [0.717, 1.165) is 24.6 Å². The molecular weight excluding hydrogens is 321 g/mol. The summed E-state index contributed by atoms with van der Waals surface area (Å²) in [5.41, 5.74) is 0.104. The zero-order chi connectivity index (χ0) is 13.1. The summed E-state index contributed by atoms with van der Waals surface area (Å²) in [5.74, 6) is -0.792. The fraction of sp³-hybridized carbons (Fsp3) is 0.462. The molecule has 18 heavy (non-hydrogen) atoms. The lowest BCUT2D eigenvalue weighted by Gasteiger charge is -2.34. The van der Waals surface area contributed by atoms with Crippen molar-refractivity contribution in [2.45, 2.75) is 25.3 Å². The van der Waals surface area contributed by atoms with Crippen LogP contribution in [0.4, 0.5) is 4.39 Å². The first-order chi connectivity index (χ1) is 8.63. The number of piperidine rings is 1. The number of nitrogens with zero attached hydrogens (tertiary/aromatic N) is 1.